The van der Waals surface area contributed by atoms with Crippen molar-refractivity contribution in [1.29, 1.82) is 0 Å². The monoisotopic (exact) mass is 388 g/mol. The molecule has 1 N–H and O–H groups in total. The van der Waals surface area contributed by atoms with Crippen molar-refractivity contribution in [3.05, 3.63) is 96.2 Å². The van der Waals surface area contributed by atoms with Gasteiger partial charge in [-0.2, -0.15) is 0 Å². The number of hydrogen-bond acceptors (Lipinski definition) is 4. The molecule has 28 heavy (non-hydrogen) atoms. The standard InChI is InChI=1S/C22H20N4OS/c27-22(24-12-10-17-4-3-11-23-14-17)18-6-8-20(9-7-18)28-16-19-15-26-13-2-1-5-21(26)25-19/h1-9,11,13-15H,10,12,16H2,(H,24,27). The molecule has 4 aromatic rings. The molecule has 0 atom stereocenters. The van der Waals surface area contributed by atoms with Gasteiger partial charge in [-0.25, -0.2) is 4.98 Å². The van der Waals surface area contributed by atoms with Crippen LogP contribution < -0.4 is 5.32 Å². The van der Waals surface area contributed by atoms with Crippen LogP contribution in [0.1, 0.15) is 21.6 Å². The quantitative estimate of drug-likeness (QED) is 0.486. The molecule has 6 heteroatoms. The van der Waals surface area contributed by atoms with Crippen LogP contribution >= 0.6 is 11.8 Å². The predicted molar refractivity (Wildman–Crippen MR) is 111 cm³/mol. The van der Waals surface area contributed by atoms with Gasteiger partial charge in [-0.3, -0.25) is 9.78 Å². The fraction of sp³-hybridized carbons (Fsp3) is 0.136. The maximum Gasteiger partial charge on any atom is 0.251 e. The molecule has 5 nitrogen and oxygen atoms in total. The molecule has 140 valence electrons. The van der Waals surface area contributed by atoms with Gasteiger partial charge in [0.15, 0.2) is 0 Å². The van der Waals surface area contributed by atoms with Gasteiger partial charge in [-0.15, -0.1) is 11.8 Å². The first-order valence-corrected chi connectivity index (χ1v) is 10.1. The summed E-state index contributed by atoms with van der Waals surface area (Å²) in [5, 5.41) is 2.95. The Morgan fingerprint density at radius 3 is 2.75 bits per heavy atom. The van der Waals surface area contributed by atoms with Crippen molar-refractivity contribution in [1.82, 2.24) is 19.7 Å². The van der Waals surface area contributed by atoms with Gasteiger partial charge in [0.25, 0.3) is 5.91 Å². The number of aromatic nitrogens is 3. The number of hydrogen-bond donors (Lipinski definition) is 1. The number of nitrogens with zero attached hydrogens (tertiary/aromatic N) is 3. The first-order chi connectivity index (χ1) is 13.8. The molecule has 0 spiro atoms. The summed E-state index contributed by atoms with van der Waals surface area (Å²) in [4.78, 5) is 22.1. The summed E-state index contributed by atoms with van der Waals surface area (Å²) in [5.41, 5.74) is 3.77. The molecular weight excluding hydrogens is 368 g/mol. The average molecular weight is 388 g/mol. The highest BCUT2D eigenvalue weighted by molar-refractivity contribution is 7.98. The summed E-state index contributed by atoms with van der Waals surface area (Å²) >= 11 is 1.71. The number of pyridine rings is 2. The number of carbonyl (C=O) groups excluding carboxylic acids is 1. The van der Waals surface area contributed by atoms with Crippen molar-refractivity contribution in [2.24, 2.45) is 0 Å². The van der Waals surface area contributed by atoms with Crippen molar-refractivity contribution in [2.45, 2.75) is 17.1 Å². The molecular formula is C22H20N4OS. The van der Waals surface area contributed by atoms with E-state index in [0.29, 0.717) is 12.1 Å². The van der Waals surface area contributed by atoms with E-state index in [0.717, 1.165) is 34.0 Å². The highest BCUT2D eigenvalue weighted by Gasteiger charge is 2.06. The molecule has 0 radical (unpaired) electrons. The summed E-state index contributed by atoms with van der Waals surface area (Å²) in [5.74, 6) is 0.735. The van der Waals surface area contributed by atoms with Gasteiger partial charge in [-0.1, -0.05) is 12.1 Å². The van der Waals surface area contributed by atoms with Crippen LogP contribution in [0.2, 0.25) is 0 Å². The zero-order chi connectivity index (χ0) is 19.2. The second-order valence-electron chi connectivity index (χ2n) is 6.38. The molecule has 0 aliphatic heterocycles. The molecule has 0 saturated carbocycles. The van der Waals surface area contributed by atoms with E-state index in [1.54, 1.807) is 18.0 Å². The number of thioether (sulfide) groups is 1. The Morgan fingerprint density at radius 2 is 1.96 bits per heavy atom. The zero-order valence-corrected chi connectivity index (χ0v) is 16.1. The minimum absolute atomic E-state index is 0.0548. The number of nitrogens with one attached hydrogen (secondary N) is 1. The number of imidazole rings is 1. The highest BCUT2D eigenvalue weighted by Crippen LogP contribution is 2.23. The van der Waals surface area contributed by atoms with Crippen LogP contribution in [0.25, 0.3) is 5.65 Å². The van der Waals surface area contributed by atoms with Crippen LogP contribution in [-0.4, -0.2) is 26.8 Å². The topological polar surface area (TPSA) is 59.3 Å². The van der Waals surface area contributed by atoms with Crippen LogP contribution in [0.4, 0.5) is 0 Å². The third-order valence-corrected chi connectivity index (χ3v) is 5.38. The van der Waals surface area contributed by atoms with Crippen LogP contribution in [-0.2, 0) is 12.2 Å². The van der Waals surface area contributed by atoms with Crippen LogP contribution in [0, 0.1) is 0 Å². The first-order valence-electron chi connectivity index (χ1n) is 9.10. The van der Waals surface area contributed by atoms with Gasteiger partial charge in [0.05, 0.1) is 5.69 Å². The van der Waals surface area contributed by atoms with Crippen molar-refractivity contribution in [3.8, 4) is 0 Å². The molecule has 1 aromatic carbocycles. The van der Waals surface area contributed by atoms with Gasteiger partial charge < -0.3 is 9.72 Å². The third kappa shape index (κ3) is 4.58. The zero-order valence-electron chi connectivity index (χ0n) is 15.3. The van der Waals surface area contributed by atoms with Crippen molar-refractivity contribution >= 4 is 23.3 Å². The summed E-state index contributed by atoms with van der Waals surface area (Å²) in [6, 6.07) is 17.6. The molecule has 0 unspecified atom stereocenters. The van der Waals surface area contributed by atoms with E-state index in [1.165, 1.54) is 0 Å². The van der Waals surface area contributed by atoms with Crippen molar-refractivity contribution in [3.63, 3.8) is 0 Å². The summed E-state index contributed by atoms with van der Waals surface area (Å²) in [7, 11) is 0. The summed E-state index contributed by atoms with van der Waals surface area (Å²) in [6.45, 7) is 0.592. The van der Waals surface area contributed by atoms with Crippen molar-refractivity contribution in [2.75, 3.05) is 6.54 Å². The fourth-order valence-corrected chi connectivity index (χ4v) is 3.67. The lowest BCUT2D eigenvalue weighted by Crippen LogP contribution is -2.25. The minimum atomic E-state index is -0.0548. The van der Waals surface area contributed by atoms with Crippen LogP contribution in [0.5, 0.6) is 0 Å². The van der Waals surface area contributed by atoms with E-state index in [-0.39, 0.29) is 5.91 Å². The largest absolute Gasteiger partial charge is 0.352 e. The molecule has 0 aliphatic rings. The lowest BCUT2D eigenvalue weighted by Gasteiger charge is -2.06. The second-order valence-corrected chi connectivity index (χ2v) is 7.43. The lowest BCUT2D eigenvalue weighted by molar-refractivity contribution is 0.0954. The normalized spacial score (nSPS) is 10.9. The van der Waals surface area contributed by atoms with E-state index in [4.69, 9.17) is 0 Å². The molecule has 4 rings (SSSR count). The van der Waals surface area contributed by atoms with Gasteiger partial charge in [0.1, 0.15) is 5.65 Å². The Bertz CT molecular complexity index is 1030. The van der Waals surface area contributed by atoms with Crippen LogP contribution in [0.15, 0.2) is 84.3 Å². The second kappa shape index (κ2) is 8.71. The predicted octanol–water partition coefficient (Wildman–Crippen LogP) is 3.99. The van der Waals surface area contributed by atoms with E-state index in [2.05, 4.69) is 15.3 Å². The Kier molecular flexibility index (Phi) is 5.68. The van der Waals surface area contributed by atoms with E-state index in [9.17, 15) is 4.79 Å². The number of fused-ring (bicyclic) bond motifs is 1. The Balaban J connectivity index is 1.28. The highest BCUT2D eigenvalue weighted by atomic mass is 32.2. The Labute approximate surface area is 167 Å². The first kappa shape index (κ1) is 18.3. The maximum atomic E-state index is 12.3. The van der Waals surface area contributed by atoms with E-state index < -0.39 is 0 Å². The van der Waals surface area contributed by atoms with Gasteiger partial charge >= 0.3 is 0 Å². The van der Waals surface area contributed by atoms with Gasteiger partial charge in [-0.05, 0) is 54.4 Å². The number of carbonyl (C=O) groups is 1. The Morgan fingerprint density at radius 1 is 1.07 bits per heavy atom. The summed E-state index contributed by atoms with van der Waals surface area (Å²) in [6.07, 6.45) is 8.38. The molecule has 0 saturated heterocycles. The molecule has 0 aliphatic carbocycles. The smallest absolute Gasteiger partial charge is 0.251 e. The average Bonchev–Trinajstić information content (AvgIpc) is 3.16. The molecule has 0 bridgehead atoms. The van der Waals surface area contributed by atoms with Gasteiger partial charge in [0.2, 0.25) is 0 Å². The molecule has 0 fully saturated rings. The van der Waals surface area contributed by atoms with Crippen molar-refractivity contribution < 1.29 is 4.79 Å². The molecule has 3 heterocycles. The van der Waals surface area contributed by atoms with Gasteiger partial charge in [0, 0.05) is 47.5 Å². The lowest BCUT2D eigenvalue weighted by atomic mass is 10.2. The van der Waals surface area contributed by atoms with Crippen LogP contribution in [0.3, 0.4) is 0 Å². The molecule has 3 aromatic heterocycles. The summed E-state index contributed by atoms with van der Waals surface area (Å²) < 4.78 is 2.02. The molecule has 1 amide bonds. The maximum absolute atomic E-state index is 12.3. The van der Waals surface area contributed by atoms with E-state index >= 15 is 0 Å². The fourth-order valence-electron chi connectivity index (χ4n) is 2.88. The third-order valence-electron chi connectivity index (χ3n) is 4.34. The van der Waals surface area contributed by atoms with E-state index in [1.807, 2.05) is 77.6 Å². The minimum Gasteiger partial charge on any atom is -0.352 e. The number of benzene rings is 1. The number of amides is 1. The SMILES string of the molecule is O=C(NCCc1cccnc1)c1ccc(SCc2cn3ccccc3n2)cc1. The number of rotatable bonds is 7. The Hall–Kier alpha value is -3.12.